The molecule has 0 N–H and O–H groups in total. The molecule has 6 rings (SSSR count). The van der Waals surface area contributed by atoms with E-state index in [9.17, 15) is 4.39 Å². The molecule has 34 heavy (non-hydrogen) atoms. The predicted octanol–water partition coefficient (Wildman–Crippen LogP) is 6.56. The van der Waals surface area contributed by atoms with E-state index in [0.29, 0.717) is 0 Å². The van der Waals surface area contributed by atoms with E-state index in [4.69, 9.17) is 4.74 Å². The summed E-state index contributed by atoms with van der Waals surface area (Å²) >= 11 is 0. The summed E-state index contributed by atoms with van der Waals surface area (Å²) in [5.74, 6) is 0.892. The van der Waals surface area contributed by atoms with Gasteiger partial charge in [0.2, 0.25) is 0 Å². The van der Waals surface area contributed by atoms with Crippen molar-refractivity contribution in [1.82, 2.24) is 9.47 Å². The van der Waals surface area contributed by atoms with Crippen LogP contribution in [0.1, 0.15) is 36.8 Å². The molecule has 3 heterocycles. The summed E-state index contributed by atoms with van der Waals surface area (Å²) in [6.45, 7) is 3.40. The molecule has 1 fully saturated rings. The molecule has 0 unspecified atom stereocenters. The van der Waals surface area contributed by atoms with Crippen molar-refractivity contribution in [2.24, 2.45) is 0 Å². The third-order valence-corrected chi connectivity index (χ3v) is 7.65. The maximum absolute atomic E-state index is 13.4. The van der Waals surface area contributed by atoms with Crippen molar-refractivity contribution < 1.29 is 9.13 Å². The first kappa shape index (κ1) is 21.4. The van der Waals surface area contributed by atoms with E-state index in [1.807, 2.05) is 12.1 Å². The van der Waals surface area contributed by atoms with Crippen LogP contribution >= 0.6 is 0 Å². The minimum absolute atomic E-state index is 0.0301. The number of piperidine rings is 1. The molecule has 3 nitrogen and oxygen atoms in total. The molecule has 0 radical (unpaired) electrons. The second kappa shape index (κ2) is 8.92. The Labute approximate surface area is 200 Å². The van der Waals surface area contributed by atoms with Gasteiger partial charge in [-0.15, -0.1) is 0 Å². The van der Waals surface area contributed by atoms with Crippen molar-refractivity contribution in [2.45, 2.75) is 44.1 Å². The zero-order valence-electron chi connectivity index (χ0n) is 19.6. The molecule has 2 aliphatic heterocycles. The minimum atomic E-state index is -0.201. The van der Waals surface area contributed by atoms with Gasteiger partial charge < -0.3 is 14.2 Å². The van der Waals surface area contributed by atoms with Crippen LogP contribution in [0.15, 0.2) is 79.0 Å². The summed E-state index contributed by atoms with van der Waals surface area (Å²) in [6.07, 6.45) is 8.96. The summed E-state index contributed by atoms with van der Waals surface area (Å²) in [7, 11) is 0. The van der Waals surface area contributed by atoms with E-state index in [1.165, 1.54) is 47.0 Å². The van der Waals surface area contributed by atoms with Gasteiger partial charge in [-0.05, 0) is 73.3 Å². The van der Waals surface area contributed by atoms with Crippen LogP contribution in [0.5, 0.6) is 5.75 Å². The van der Waals surface area contributed by atoms with E-state index >= 15 is 0 Å². The number of hydrogen-bond donors (Lipinski definition) is 0. The number of para-hydroxylation sites is 2. The summed E-state index contributed by atoms with van der Waals surface area (Å²) in [6, 6.07) is 23.8. The molecule has 2 aliphatic rings. The average molecular weight is 455 g/mol. The number of aryl methyl sites for hydroxylation is 1. The van der Waals surface area contributed by atoms with Crippen LogP contribution in [0.2, 0.25) is 0 Å². The number of likely N-dealkylation sites (tertiary alicyclic amines) is 1. The predicted molar refractivity (Wildman–Crippen MR) is 135 cm³/mol. The van der Waals surface area contributed by atoms with Crippen LogP contribution in [0, 0.1) is 5.82 Å². The van der Waals surface area contributed by atoms with Gasteiger partial charge in [0, 0.05) is 49.6 Å². The van der Waals surface area contributed by atoms with E-state index in [1.54, 1.807) is 0 Å². The Morgan fingerprint density at radius 1 is 0.853 bits per heavy atom. The standard InChI is InChI=1S/C30H31FN2O/c31-25-12-14-26(15-13-25)33-22-24(27-9-2-3-10-28(27)33)8-5-6-18-32-19-16-30(17-20-32)21-23-7-1-4-11-29(23)34-30/h1-4,7,9-15,22H,5-6,8,16-21H2. The molecule has 4 heteroatoms. The molecule has 0 aliphatic carbocycles. The van der Waals surface area contributed by atoms with E-state index in [0.717, 1.165) is 56.8 Å². The maximum atomic E-state index is 13.4. The largest absolute Gasteiger partial charge is 0.487 e. The maximum Gasteiger partial charge on any atom is 0.123 e. The highest BCUT2D eigenvalue weighted by atomic mass is 19.1. The molecule has 174 valence electrons. The number of unbranched alkanes of at least 4 members (excludes halogenated alkanes) is 1. The highest BCUT2D eigenvalue weighted by Crippen LogP contribution is 2.40. The van der Waals surface area contributed by atoms with Crippen LogP contribution < -0.4 is 4.74 Å². The third-order valence-electron chi connectivity index (χ3n) is 7.65. The average Bonchev–Trinajstić information content (AvgIpc) is 3.42. The van der Waals surface area contributed by atoms with Crippen LogP contribution in [0.25, 0.3) is 16.6 Å². The number of ether oxygens (including phenoxy) is 1. The Morgan fingerprint density at radius 3 is 2.44 bits per heavy atom. The molecular weight excluding hydrogens is 423 g/mol. The van der Waals surface area contributed by atoms with Crippen molar-refractivity contribution in [3.63, 3.8) is 0 Å². The number of aromatic nitrogens is 1. The van der Waals surface area contributed by atoms with Gasteiger partial charge in [-0.25, -0.2) is 4.39 Å². The Morgan fingerprint density at radius 2 is 1.62 bits per heavy atom. The van der Waals surface area contributed by atoms with E-state index in [-0.39, 0.29) is 11.4 Å². The first-order valence-electron chi connectivity index (χ1n) is 12.5. The highest BCUT2D eigenvalue weighted by Gasteiger charge is 2.41. The number of nitrogens with zero attached hydrogens (tertiary/aromatic N) is 2. The van der Waals surface area contributed by atoms with E-state index < -0.39 is 0 Å². The number of halogens is 1. The van der Waals surface area contributed by atoms with Gasteiger partial charge in [-0.1, -0.05) is 36.4 Å². The van der Waals surface area contributed by atoms with Gasteiger partial charge >= 0.3 is 0 Å². The lowest BCUT2D eigenvalue weighted by Gasteiger charge is -2.38. The van der Waals surface area contributed by atoms with Crippen molar-refractivity contribution in [3.8, 4) is 11.4 Å². The molecule has 0 atom stereocenters. The Kier molecular flexibility index (Phi) is 5.62. The summed E-state index contributed by atoms with van der Waals surface area (Å²) in [5.41, 5.74) is 4.96. The Balaban J connectivity index is 1.04. The van der Waals surface area contributed by atoms with Crippen molar-refractivity contribution in [1.29, 1.82) is 0 Å². The second-order valence-corrected chi connectivity index (χ2v) is 9.89. The lowest BCUT2D eigenvalue weighted by atomic mass is 9.87. The van der Waals surface area contributed by atoms with Crippen LogP contribution in [0.3, 0.4) is 0 Å². The fourth-order valence-electron chi connectivity index (χ4n) is 5.74. The summed E-state index contributed by atoms with van der Waals surface area (Å²) in [4.78, 5) is 2.61. The fourth-order valence-corrected chi connectivity index (χ4v) is 5.74. The Hall–Kier alpha value is -3.11. The molecule has 3 aromatic carbocycles. The molecule has 4 aromatic rings. The van der Waals surface area contributed by atoms with Crippen LogP contribution in [0.4, 0.5) is 4.39 Å². The van der Waals surface area contributed by atoms with Gasteiger partial charge in [0.15, 0.2) is 0 Å². The van der Waals surface area contributed by atoms with Gasteiger partial charge in [-0.2, -0.15) is 0 Å². The van der Waals surface area contributed by atoms with Gasteiger partial charge in [0.05, 0.1) is 5.52 Å². The second-order valence-electron chi connectivity index (χ2n) is 9.89. The van der Waals surface area contributed by atoms with Gasteiger partial charge in [-0.3, -0.25) is 0 Å². The Bertz CT molecular complexity index is 1260. The SMILES string of the molecule is Fc1ccc(-n2cc(CCCCN3CCC4(CC3)Cc3ccccc3O4)c3ccccc32)cc1. The molecule has 0 amide bonds. The molecule has 0 saturated carbocycles. The molecule has 1 spiro atoms. The highest BCUT2D eigenvalue weighted by molar-refractivity contribution is 5.85. The fraction of sp³-hybridized carbons (Fsp3) is 0.333. The van der Waals surface area contributed by atoms with Crippen LogP contribution in [-0.4, -0.2) is 34.7 Å². The number of benzene rings is 3. The van der Waals surface area contributed by atoms with Crippen molar-refractivity contribution >= 4 is 10.9 Å². The summed E-state index contributed by atoms with van der Waals surface area (Å²) < 4.78 is 22.0. The van der Waals surface area contributed by atoms with Crippen LogP contribution in [-0.2, 0) is 12.8 Å². The molecular formula is C30H31FN2O. The lowest BCUT2D eigenvalue weighted by molar-refractivity contribution is 0.0191. The van der Waals surface area contributed by atoms with Crippen molar-refractivity contribution in [2.75, 3.05) is 19.6 Å². The minimum Gasteiger partial charge on any atom is -0.487 e. The number of hydrogen-bond acceptors (Lipinski definition) is 2. The third kappa shape index (κ3) is 4.12. The van der Waals surface area contributed by atoms with E-state index in [2.05, 4.69) is 64.2 Å². The quantitative estimate of drug-likeness (QED) is 0.307. The molecule has 1 aromatic heterocycles. The monoisotopic (exact) mass is 454 g/mol. The summed E-state index contributed by atoms with van der Waals surface area (Å²) in [5, 5.41) is 1.30. The van der Waals surface area contributed by atoms with Gasteiger partial charge in [0.25, 0.3) is 0 Å². The topological polar surface area (TPSA) is 17.4 Å². The van der Waals surface area contributed by atoms with Crippen molar-refractivity contribution in [3.05, 3.63) is 95.9 Å². The normalized spacial score (nSPS) is 17.2. The first-order valence-corrected chi connectivity index (χ1v) is 12.5. The lowest BCUT2D eigenvalue weighted by Crippen LogP contribution is -2.47. The molecule has 1 saturated heterocycles. The zero-order valence-corrected chi connectivity index (χ0v) is 19.6. The zero-order chi connectivity index (χ0) is 23.0. The smallest absolute Gasteiger partial charge is 0.123 e. The first-order chi connectivity index (χ1) is 16.7. The number of rotatable bonds is 6. The number of fused-ring (bicyclic) bond motifs is 2. The molecule has 0 bridgehead atoms. The van der Waals surface area contributed by atoms with Gasteiger partial charge in [0.1, 0.15) is 17.2 Å².